The molecule has 0 bridgehead atoms. The van der Waals surface area contributed by atoms with Gasteiger partial charge in [-0.2, -0.15) is 8.42 Å². The van der Waals surface area contributed by atoms with Crippen LogP contribution < -0.4 is 0 Å². The van der Waals surface area contributed by atoms with Crippen LogP contribution in [0.25, 0.3) is 0 Å². The lowest BCUT2D eigenvalue weighted by Gasteiger charge is -2.15. The van der Waals surface area contributed by atoms with Crippen molar-refractivity contribution in [1.82, 2.24) is 4.90 Å². The summed E-state index contributed by atoms with van der Waals surface area (Å²) in [5, 5.41) is 0. The summed E-state index contributed by atoms with van der Waals surface area (Å²) in [5.41, 5.74) is 0.945. The van der Waals surface area contributed by atoms with E-state index in [4.69, 9.17) is 4.18 Å². The van der Waals surface area contributed by atoms with Crippen molar-refractivity contribution in [2.75, 3.05) is 20.6 Å². The molecule has 0 aliphatic heterocycles. The Bertz CT molecular complexity index is 493. The van der Waals surface area contributed by atoms with E-state index < -0.39 is 16.2 Å². The number of hydrogen-bond acceptors (Lipinski definition) is 5. The van der Waals surface area contributed by atoms with Crippen LogP contribution in [-0.2, 0) is 19.1 Å². The Morgan fingerprint density at radius 3 is 2.28 bits per heavy atom. The fraction of sp³-hybridized carbons (Fsp3) is 0.417. The summed E-state index contributed by atoms with van der Waals surface area (Å²) in [4.78, 5) is 12.3. The smallest absolute Gasteiger partial charge is 0.297 e. The summed E-state index contributed by atoms with van der Waals surface area (Å²) in [6, 6.07) is 6.23. The largest absolute Gasteiger partial charge is 0.306 e. The highest BCUT2D eigenvalue weighted by Gasteiger charge is 2.22. The second-order valence-electron chi connectivity index (χ2n) is 4.23. The molecule has 0 N–H and O–H groups in total. The minimum atomic E-state index is -3.92. The molecule has 0 spiro atoms. The summed E-state index contributed by atoms with van der Waals surface area (Å²) < 4.78 is 28.6. The summed E-state index contributed by atoms with van der Waals surface area (Å²) in [7, 11) is -0.494. The fourth-order valence-corrected chi connectivity index (χ4v) is 2.32. The van der Waals surface area contributed by atoms with E-state index in [0.29, 0.717) is 0 Å². The molecule has 1 rings (SSSR count). The lowest BCUT2D eigenvalue weighted by Crippen LogP contribution is -2.31. The highest BCUT2D eigenvalue weighted by Crippen LogP contribution is 2.14. The summed E-state index contributed by atoms with van der Waals surface area (Å²) >= 11 is 0. The van der Waals surface area contributed by atoms with Crippen LogP contribution in [0, 0.1) is 6.92 Å². The van der Waals surface area contributed by atoms with Gasteiger partial charge < -0.3 is 4.90 Å². The number of hydrogen-bond donors (Lipinski definition) is 0. The van der Waals surface area contributed by atoms with Gasteiger partial charge in [-0.25, -0.2) is 0 Å². The molecule has 1 aromatic rings. The minimum absolute atomic E-state index is 0.0344. The Balaban J connectivity index is 2.86. The molecule has 0 aromatic heterocycles. The van der Waals surface area contributed by atoms with Gasteiger partial charge in [0.15, 0.2) is 6.10 Å². The Morgan fingerprint density at radius 2 is 1.83 bits per heavy atom. The van der Waals surface area contributed by atoms with Gasteiger partial charge in [0.05, 0.1) is 4.90 Å². The second-order valence-corrected chi connectivity index (χ2v) is 5.80. The maximum Gasteiger partial charge on any atom is 0.297 e. The SMILES string of the molecule is Cc1ccc(S(=O)(=O)OC([C]=O)CN(C)C)cc1. The van der Waals surface area contributed by atoms with Gasteiger partial charge in [0.1, 0.15) is 0 Å². The zero-order valence-corrected chi connectivity index (χ0v) is 11.4. The number of benzene rings is 1. The molecule has 99 valence electrons. The van der Waals surface area contributed by atoms with E-state index in [1.54, 1.807) is 37.4 Å². The van der Waals surface area contributed by atoms with E-state index in [2.05, 4.69) is 0 Å². The second kappa shape index (κ2) is 6.08. The van der Waals surface area contributed by atoms with Crippen molar-refractivity contribution in [3.8, 4) is 0 Å². The molecule has 0 saturated carbocycles. The van der Waals surface area contributed by atoms with Crippen LogP contribution in [0.2, 0.25) is 0 Å². The molecule has 0 amide bonds. The first-order chi connectivity index (χ1) is 8.35. The number of carbonyl (C=O) groups excluding carboxylic acids is 1. The lowest BCUT2D eigenvalue weighted by molar-refractivity contribution is 0.216. The number of nitrogens with zero attached hydrogens (tertiary/aromatic N) is 1. The van der Waals surface area contributed by atoms with Crippen molar-refractivity contribution in [2.24, 2.45) is 0 Å². The normalized spacial score (nSPS) is 13.6. The quantitative estimate of drug-likeness (QED) is 0.713. The van der Waals surface area contributed by atoms with Crippen LogP contribution in [0.1, 0.15) is 5.56 Å². The molecular weight excluding hydrogens is 254 g/mol. The predicted molar refractivity (Wildman–Crippen MR) is 67.5 cm³/mol. The van der Waals surface area contributed by atoms with E-state index >= 15 is 0 Å². The summed E-state index contributed by atoms with van der Waals surface area (Å²) in [6.45, 7) is 2.01. The van der Waals surface area contributed by atoms with E-state index in [1.807, 2.05) is 6.92 Å². The number of aryl methyl sites for hydroxylation is 1. The van der Waals surface area contributed by atoms with Crippen molar-refractivity contribution < 1.29 is 17.4 Å². The molecule has 5 nitrogen and oxygen atoms in total. The molecule has 1 unspecified atom stereocenters. The van der Waals surface area contributed by atoms with Gasteiger partial charge >= 0.3 is 0 Å². The van der Waals surface area contributed by atoms with Crippen LogP contribution in [0.5, 0.6) is 0 Å². The van der Waals surface area contributed by atoms with E-state index in [0.717, 1.165) is 5.56 Å². The molecule has 1 radical (unpaired) electrons. The van der Waals surface area contributed by atoms with Gasteiger partial charge in [-0.1, -0.05) is 17.7 Å². The third-order valence-electron chi connectivity index (χ3n) is 2.21. The molecule has 0 aliphatic carbocycles. The molecule has 0 saturated heterocycles. The topological polar surface area (TPSA) is 63.7 Å². The average molecular weight is 270 g/mol. The van der Waals surface area contributed by atoms with Crippen LogP contribution in [0.3, 0.4) is 0 Å². The molecular formula is C12H16NO4S. The maximum absolute atomic E-state index is 11.9. The van der Waals surface area contributed by atoms with Crippen LogP contribution in [0.15, 0.2) is 29.2 Å². The van der Waals surface area contributed by atoms with Crippen LogP contribution in [0.4, 0.5) is 0 Å². The van der Waals surface area contributed by atoms with Gasteiger partial charge in [0, 0.05) is 6.54 Å². The Kier molecular flexibility index (Phi) is 5.01. The van der Waals surface area contributed by atoms with Crippen molar-refractivity contribution in [3.05, 3.63) is 29.8 Å². The highest BCUT2D eigenvalue weighted by molar-refractivity contribution is 7.86. The lowest BCUT2D eigenvalue weighted by atomic mass is 10.2. The standard InChI is InChI=1S/C12H16NO4S/c1-10-4-6-12(7-5-10)18(15,16)17-11(9-14)8-13(2)3/h4-7,11H,8H2,1-3H3. The van der Waals surface area contributed by atoms with Crippen LogP contribution >= 0.6 is 0 Å². The molecule has 1 aromatic carbocycles. The van der Waals surface area contributed by atoms with E-state index in [1.165, 1.54) is 12.1 Å². The molecule has 0 fully saturated rings. The van der Waals surface area contributed by atoms with Crippen molar-refractivity contribution in [3.63, 3.8) is 0 Å². The Hall–Kier alpha value is -1.24. The van der Waals surface area contributed by atoms with Crippen molar-refractivity contribution in [2.45, 2.75) is 17.9 Å². The van der Waals surface area contributed by atoms with Crippen molar-refractivity contribution >= 4 is 16.4 Å². The monoisotopic (exact) mass is 270 g/mol. The average Bonchev–Trinajstić information content (AvgIpc) is 2.27. The summed E-state index contributed by atoms with van der Waals surface area (Å²) in [6.07, 6.45) is 0.458. The maximum atomic E-state index is 11.9. The zero-order valence-electron chi connectivity index (χ0n) is 10.6. The molecule has 1 atom stereocenters. The Morgan fingerprint density at radius 1 is 1.28 bits per heavy atom. The molecule has 18 heavy (non-hydrogen) atoms. The van der Waals surface area contributed by atoms with Gasteiger partial charge in [-0.3, -0.25) is 8.98 Å². The van der Waals surface area contributed by atoms with E-state index in [-0.39, 0.29) is 11.4 Å². The van der Waals surface area contributed by atoms with Crippen molar-refractivity contribution in [1.29, 1.82) is 0 Å². The first kappa shape index (κ1) is 14.8. The third kappa shape index (κ3) is 4.21. The molecule has 0 heterocycles. The highest BCUT2D eigenvalue weighted by atomic mass is 32.2. The minimum Gasteiger partial charge on any atom is -0.306 e. The molecule has 0 aliphatic rings. The zero-order chi connectivity index (χ0) is 13.8. The number of rotatable bonds is 6. The number of likely N-dealkylation sites (N-methyl/N-ethyl adjacent to an activating group) is 1. The van der Waals surface area contributed by atoms with Gasteiger partial charge in [0.2, 0.25) is 6.29 Å². The Labute approximate surface area is 107 Å². The third-order valence-corrected chi connectivity index (χ3v) is 3.55. The predicted octanol–water partition coefficient (Wildman–Crippen LogP) is 0.740. The van der Waals surface area contributed by atoms with Gasteiger partial charge in [0.25, 0.3) is 10.1 Å². The summed E-state index contributed by atoms with van der Waals surface area (Å²) in [5.74, 6) is 0. The van der Waals surface area contributed by atoms with Gasteiger partial charge in [-0.05, 0) is 33.2 Å². The van der Waals surface area contributed by atoms with E-state index in [9.17, 15) is 13.2 Å². The fourth-order valence-electron chi connectivity index (χ4n) is 1.33. The van der Waals surface area contributed by atoms with Crippen LogP contribution in [-0.4, -0.2) is 46.3 Å². The molecule has 6 heteroatoms. The van der Waals surface area contributed by atoms with Gasteiger partial charge in [-0.15, -0.1) is 0 Å². The first-order valence-electron chi connectivity index (χ1n) is 5.37. The first-order valence-corrected chi connectivity index (χ1v) is 6.78.